The summed E-state index contributed by atoms with van der Waals surface area (Å²) in [6, 6.07) is 9.51. The molecule has 6 heteroatoms. The number of fused-ring (bicyclic) bond motifs is 2. The van der Waals surface area contributed by atoms with Crippen LogP contribution in [-0.4, -0.2) is 59.9 Å². The molecule has 1 N–H and O–H groups in total. The van der Waals surface area contributed by atoms with Crippen molar-refractivity contribution < 1.29 is 24.2 Å². The second kappa shape index (κ2) is 9.05. The highest BCUT2D eigenvalue weighted by Crippen LogP contribution is 2.38. The maximum absolute atomic E-state index is 12.7. The van der Waals surface area contributed by atoms with Gasteiger partial charge in [-0.1, -0.05) is 44.2 Å². The zero-order valence-corrected chi connectivity index (χ0v) is 16.9. The lowest BCUT2D eigenvalue weighted by Crippen LogP contribution is -2.46. The van der Waals surface area contributed by atoms with Crippen molar-refractivity contribution in [3.05, 3.63) is 35.9 Å². The molecular weight excluding hydrogens is 358 g/mol. The number of carbonyl (C=O) groups excluding carboxylic acids is 2. The summed E-state index contributed by atoms with van der Waals surface area (Å²) < 4.78 is 11.5. The van der Waals surface area contributed by atoms with Gasteiger partial charge in [0, 0.05) is 31.7 Å². The van der Waals surface area contributed by atoms with Gasteiger partial charge in [-0.25, -0.2) is 0 Å². The summed E-state index contributed by atoms with van der Waals surface area (Å²) in [7, 11) is 2.05. The van der Waals surface area contributed by atoms with Crippen molar-refractivity contribution in [2.75, 3.05) is 13.7 Å². The molecule has 2 fully saturated rings. The number of likely N-dealkylation sites (N-methyl/N-ethyl adjacent to an activating group) is 1. The van der Waals surface area contributed by atoms with Crippen LogP contribution in [-0.2, 0) is 19.1 Å². The zero-order chi connectivity index (χ0) is 20.3. The number of nitrogens with zero attached hydrogens (tertiary/aromatic N) is 1. The Morgan fingerprint density at radius 2 is 1.86 bits per heavy atom. The van der Waals surface area contributed by atoms with Crippen molar-refractivity contribution in [1.82, 2.24) is 4.90 Å². The van der Waals surface area contributed by atoms with E-state index in [4.69, 9.17) is 9.47 Å². The Labute approximate surface area is 166 Å². The number of hydrogen-bond acceptors (Lipinski definition) is 6. The summed E-state index contributed by atoms with van der Waals surface area (Å²) in [5.74, 6) is -0.943. The van der Waals surface area contributed by atoms with Crippen molar-refractivity contribution in [1.29, 1.82) is 0 Å². The van der Waals surface area contributed by atoms with Crippen LogP contribution in [0.3, 0.4) is 0 Å². The minimum absolute atomic E-state index is 0.0666. The Kier molecular flexibility index (Phi) is 6.73. The molecule has 0 radical (unpaired) electrons. The molecule has 2 heterocycles. The largest absolute Gasteiger partial charge is 0.462 e. The molecule has 0 aromatic heterocycles. The van der Waals surface area contributed by atoms with E-state index in [0.29, 0.717) is 12.8 Å². The zero-order valence-electron chi connectivity index (χ0n) is 16.9. The van der Waals surface area contributed by atoms with E-state index in [1.807, 2.05) is 51.2 Å². The van der Waals surface area contributed by atoms with Crippen molar-refractivity contribution >= 4 is 11.9 Å². The molecular formula is C22H31NO5. The van der Waals surface area contributed by atoms with Gasteiger partial charge in [-0.2, -0.15) is 0 Å². The van der Waals surface area contributed by atoms with E-state index in [0.717, 1.165) is 18.4 Å². The molecule has 1 unspecified atom stereocenters. The van der Waals surface area contributed by atoms with Gasteiger partial charge in [0.25, 0.3) is 0 Å². The number of rotatable bonds is 7. The topological polar surface area (TPSA) is 76.1 Å². The van der Waals surface area contributed by atoms with E-state index in [1.54, 1.807) is 0 Å². The number of piperidine rings is 1. The molecule has 5 atom stereocenters. The van der Waals surface area contributed by atoms with Gasteiger partial charge < -0.3 is 14.6 Å². The Morgan fingerprint density at radius 3 is 2.50 bits per heavy atom. The van der Waals surface area contributed by atoms with E-state index in [2.05, 4.69) is 4.90 Å². The van der Waals surface area contributed by atoms with E-state index in [1.165, 1.54) is 0 Å². The van der Waals surface area contributed by atoms with Gasteiger partial charge in [0.05, 0.1) is 12.6 Å². The van der Waals surface area contributed by atoms with Gasteiger partial charge in [0.15, 0.2) is 0 Å². The first-order chi connectivity index (χ1) is 13.4. The normalized spacial score (nSPS) is 28.2. The third-order valence-corrected chi connectivity index (χ3v) is 5.88. The third kappa shape index (κ3) is 4.73. The highest BCUT2D eigenvalue weighted by Gasteiger charge is 2.48. The van der Waals surface area contributed by atoms with Crippen LogP contribution in [0.2, 0.25) is 0 Å². The van der Waals surface area contributed by atoms with E-state index in [9.17, 15) is 14.7 Å². The summed E-state index contributed by atoms with van der Waals surface area (Å²) in [5, 5.41) is 9.68. The molecule has 3 rings (SSSR count). The average molecular weight is 389 g/mol. The van der Waals surface area contributed by atoms with Crippen molar-refractivity contribution in [2.24, 2.45) is 5.92 Å². The highest BCUT2D eigenvalue weighted by molar-refractivity contribution is 5.78. The second-order valence-corrected chi connectivity index (χ2v) is 8.42. The van der Waals surface area contributed by atoms with Crippen LogP contribution in [0.15, 0.2) is 30.3 Å². The van der Waals surface area contributed by atoms with E-state index >= 15 is 0 Å². The first-order valence-electron chi connectivity index (χ1n) is 10.2. The Balaban J connectivity index is 1.60. The lowest BCUT2D eigenvalue weighted by Gasteiger charge is -2.36. The van der Waals surface area contributed by atoms with Crippen LogP contribution in [0.25, 0.3) is 0 Å². The molecule has 2 saturated heterocycles. The molecule has 1 aromatic rings. The molecule has 2 aliphatic heterocycles. The molecule has 28 heavy (non-hydrogen) atoms. The van der Waals surface area contributed by atoms with Crippen molar-refractivity contribution in [3.8, 4) is 0 Å². The molecule has 2 aliphatic rings. The van der Waals surface area contributed by atoms with Gasteiger partial charge in [-0.05, 0) is 18.5 Å². The smallest absolute Gasteiger partial charge is 0.316 e. The molecule has 0 aliphatic carbocycles. The summed E-state index contributed by atoms with van der Waals surface area (Å²) in [4.78, 5) is 27.0. The Hall–Kier alpha value is -1.92. The molecule has 1 aromatic carbocycles. The SMILES string of the molecule is CC(C)CC(=O)O[C@H]1C[C@@H]2C[C@@H](OC(=O)C(CO)c3ccccc3)C[C@H]1N2C. The van der Waals surface area contributed by atoms with Crippen LogP contribution in [0, 0.1) is 5.92 Å². The number of aliphatic hydroxyl groups is 1. The first-order valence-corrected chi connectivity index (χ1v) is 10.2. The Bertz CT molecular complexity index is 677. The fourth-order valence-electron chi connectivity index (χ4n) is 4.40. The summed E-state index contributed by atoms with van der Waals surface area (Å²) in [6.45, 7) is 3.72. The van der Waals surface area contributed by atoms with Crippen molar-refractivity contribution in [2.45, 2.75) is 69.7 Å². The van der Waals surface area contributed by atoms with Gasteiger partial charge in [-0.3, -0.25) is 14.5 Å². The standard InChI is InChI=1S/C22H31NO5/c1-14(2)9-21(25)28-20-11-16-10-17(12-19(20)23(16)3)27-22(26)18(13-24)15-7-5-4-6-8-15/h4-8,14,16-20,24H,9-13H2,1-3H3/t16-,17+,18?,19+,20-/m0/s1. The maximum Gasteiger partial charge on any atom is 0.316 e. The van der Waals surface area contributed by atoms with Gasteiger partial charge in [0.2, 0.25) is 0 Å². The van der Waals surface area contributed by atoms with Crippen LogP contribution in [0.1, 0.15) is 51.0 Å². The van der Waals surface area contributed by atoms with Gasteiger partial charge in [-0.15, -0.1) is 0 Å². The number of ether oxygens (including phenoxy) is 2. The predicted molar refractivity (Wildman–Crippen MR) is 105 cm³/mol. The minimum atomic E-state index is -0.668. The number of carbonyl (C=O) groups is 2. The summed E-state index contributed by atoms with van der Waals surface area (Å²) in [6.07, 6.45) is 2.21. The van der Waals surface area contributed by atoms with Crippen molar-refractivity contribution in [3.63, 3.8) is 0 Å². The quantitative estimate of drug-likeness (QED) is 0.722. The molecule has 0 saturated carbocycles. The molecule has 0 amide bonds. The predicted octanol–water partition coefficient (Wildman–Crippen LogP) is 2.50. The van der Waals surface area contributed by atoms with Crippen LogP contribution in [0.5, 0.6) is 0 Å². The summed E-state index contributed by atoms with van der Waals surface area (Å²) in [5.41, 5.74) is 0.756. The maximum atomic E-state index is 12.7. The highest BCUT2D eigenvalue weighted by atomic mass is 16.6. The molecule has 0 spiro atoms. The number of benzene rings is 1. The number of esters is 2. The number of hydrogen-bond donors (Lipinski definition) is 1. The Morgan fingerprint density at radius 1 is 1.14 bits per heavy atom. The van der Waals surface area contributed by atoms with Gasteiger partial charge in [0.1, 0.15) is 18.1 Å². The summed E-state index contributed by atoms with van der Waals surface area (Å²) >= 11 is 0. The molecule has 2 bridgehead atoms. The average Bonchev–Trinajstić information content (AvgIpc) is 2.81. The van der Waals surface area contributed by atoms with Crippen LogP contribution in [0.4, 0.5) is 0 Å². The first kappa shape index (κ1) is 20.8. The molecule has 6 nitrogen and oxygen atoms in total. The minimum Gasteiger partial charge on any atom is -0.462 e. The number of aliphatic hydroxyl groups excluding tert-OH is 1. The fraction of sp³-hybridized carbons (Fsp3) is 0.636. The van der Waals surface area contributed by atoms with Gasteiger partial charge >= 0.3 is 11.9 Å². The van der Waals surface area contributed by atoms with E-state index < -0.39 is 11.9 Å². The lowest BCUT2D eigenvalue weighted by atomic mass is 9.98. The fourth-order valence-corrected chi connectivity index (χ4v) is 4.40. The monoisotopic (exact) mass is 389 g/mol. The second-order valence-electron chi connectivity index (χ2n) is 8.42. The third-order valence-electron chi connectivity index (χ3n) is 5.88. The van der Waals surface area contributed by atoms with Crippen LogP contribution < -0.4 is 0 Å². The van der Waals surface area contributed by atoms with Crippen LogP contribution >= 0.6 is 0 Å². The molecule has 154 valence electrons. The van der Waals surface area contributed by atoms with E-state index in [-0.39, 0.29) is 42.8 Å². The lowest BCUT2D eigenvalue weighted by molar-refractivity contribution is -0.158.